The molecule has 0 saturated heterocycles. The van der Waals surface area contributed by atoms with Crippen LogP contribution in [0, 0.1) is 0 Å². The lowest BCUT2D eigenvalue weighted by atomic mass is 10.0. The molecule has 234 valence electrons. The molecule has 0 saturated carbocycles. The van der Waals surface area contributed by atoms with Crippen molar-refractivity contribution in [3.63, 3.8) is 0 Å². The van der Waals surface area contributed by atoms with Crippen molar-refractivity contribution in [2.45, 2.75) is 50.9 Å². The van der Waals surface area contributed by atoms with Gasteiger partial charge in [0.05, 0.1) is 11.9 Å². The van der Waals surface area contributed by atoms with Gasteiger partial charge in [0.25, 0.3) is 5.91 Å². The van der Waals surface area contributed by atoms with Gasteiger partial charge in [-0.05, 0) is 46.9 Å². The number of esters is 2. The summed E-state index contributed by atoms with van der Waals surface area (Å²) in [4.78, 5) is 55.7. The number of fused-ring (bicyclic) bond motifs is 2. The smallest absolute Gasteiger partial charge is 0.328 e. The van der Waals surface area contributed by atoms with Gasteiger partial charge in [-0.2, -0.15) is 0 Å². The van der Waals surface area contributed by atoms with Crippen LogP contribution in [0.5, 0.6) is 0 Å². The molecule has 3 N–H and O–H groups in total. The largest absolute Gasteiger partial charge is 0.461 e. The molecule has 0 aliphatic heterocycles. The van der Waals surface area contributed by atoms with Gasteiger partial charge in [0.2, 0.25) is 5.91 Å². The number of aromatic nitrogens is 1. The fraction of sp³-hybridized carbons (Fsp3) is 0.216. The first-order chi connectivity index (χ1) is 22.3. The minimum absolute atomic E-state index is 0.0303. The minimum atomic E-state index is -1.12. The SMILES string of the molecule is NC(=O)C[C@H](Cc1ccc2ccccc2c1)OC(=O)[C@H](CCCC(=O)OCc1ccccc1)NC(=O)c1ccc2ccccc2n1. The van der Waals surface area contributed by atoms with E-state index in [-0.39, 0.29) is 44.4 Å². The van der Waals surface area contributed by atoms with Crippen molar-refractivity contribution >= 4 is 45.4 Å². The van der Waals surface area contributed by atoms with Gasteiger partial charge in [0.1, 0.15) is 24.4 Å². The summed E-state index contributed by atoms with van der Waals surface area (Å²) in [7, 11) is 0. The number of ether oxygens (including phenoxy) is 2. The number of hydrogen-bond acceptors (Lipinski definition) is 7. The third kappa shape index (κ3) is 8.98. The standard InChI is InChI=1S/C37H35N3O6/c38-34(41)23-30(22-26-17-18-27-11-4-5-13-29(27)21-26)46-37(44)33(15-8-16-35(42)45-24-25-9-2-1-3-10-25)40-36(43)32-20-19-28-12-6-7-14-31(28)39-32/h1-7,9-14,17-21,30,33H,8,15-16,22-24H2,(H2,38,41)(H,40,43)/t30-,33-/m0/s1. The van der Waals surface area contributed by atoms with Crippen molar-refractivity contribution in [2.24, 2.45) is 5.73 Å². The number of para-hydroxylation sites is 1. The first-order valence-electron chi connectivity index (χ1n) is 15.2. The highest BCUT2D eigenvalue weighted by atomic mass is 16.5. The molecule has 2 amide bonds. The predicted molar refractivity (Wildman–Crippen MR) is 174 cm³/mol. The van der Waals surface area contributed by atoms with Crippen LogP contribution in [0.15, 0.2) is 109 Å². The highest BCUT2D eigenvalue weighted by molar-refractivity contribution is 5.97. The zero-order valence-electron chi connectivity index (χ0n) is 25.3. The van der Waals surface area contributed by atoms with Crippen LogP contribution in [0.25, 0.3) is 21.7 Å². The van der Waals surface area contributed by atoms with Gasteiger partial charge >= 0.3 is 11.9 Å². The van der Waals surface area contributed by atoms with Crippen LogP contribution in [-0.2, 0) is 36.9 Å². The van der Waals surface area contributed by atoms with Crippen LogP contribution >= 0.6 is 0 Å². The summed E-state index contributed by atoms with van der Waals surface area (Å²) in [6, 6.07) is 32.6. The molecule has 0 aliphatic carbocycles. The van der Waals surface area contributed by atoms with Crippen LogP contribution < -0.4 is 11.1 Å². The lowest BCUT2D eigenvalue weighted by Gasteiger charge is -2.22. The zero-order valence-corrected chi connectivity index (χ0v) is 25.3. The van der Waals surface area contributed by atoms with E-state index >= 15 is 0 Å². The third-order valence-corrected chi connectivity index (χ3v) is 7.53. The summed E-state index contributed by atoms with van der Waals surface area (Å²) >= 11 is 0. The van der Waals surface area contributed by atoms with Crippen LogP contribution in [-0.4, -0.2) is 40.9 Å². The van der Waals surface area contributed by atoms with E-state index in [4.69, 9.17) is 15.2 Å². The molecule has 5 aromatic rings. The molecule has 0 spiro atoms. The molecule has 1 aromatic heterocycles. The molecule has 0 radical (unpaired) electrons. The predicted octanol–water partition coefficient (Wildman–Crippen LogP) is 5.43. The number of amides is 2. The number of carbonyl (C=O) groups is 4. The molecule has 0 unspecified atom stereocenters. The van der Waals surface area contributed by atoms with Crippen molar-refractivity contribution < 1.29 is 28.7 Å². The van der Waals surface area contributed by atoms with Crippen LogP contribution in [0.2, 0.25) is 0 Å². The van der Waals surface area contributed by atoms with E-state index in [2.05, 4.69) is 10.3 Å². The molecular formula is C37H35N3O6. The van der Waals surface area contributed by atoms with Crippen LogP contribution in [0.4, 0.5) is 0 Å². The fourth-order valence-corrected chi connectivity index (χ4v) is 5.19. The zero-order chi connectivity index (χ0) is 32.3. The monoisotopic (exact) mass is 617 g/mol. The van der Waals surface area contributed by atoms with E-state index in [1.54, 1.807) is 18.2 Å². The topological polar surface area (TPSA) is 138 Å². The molecule has 5 rings (SSSR count). The van der Waals surface area contributed by atoms with Gasteiger partial charge in [-0.3, -0.25) is 14.4 Å². The normalized spacial score (nSPS) is 12.3. The second kappa shape index (κ2) is 15.4. The average molecular weight is 618 g/mol. The summed E-state index contributed by atoms with van der Waals surface area (Å²) in [5.41, 5.74) is 8.00. The average Bonchev–Trinajstić information content (AvgIpc) is 3.06. The Morgan fingerprint density at radius 1 is 0.761 bits per heavy atom. The van der Waals surface area contributed by atoms with Gasteiger partial charge in [0.15, 0.2) is 0 Å². The second-order valence-corrected chi connectivity index (χ2v) is 11.1. The lowest BCUT2D eigenvalue weighted by molar-refractivity contribution is -0.153. The lowest BCUT2D eigenvalue weighted by Crippen LogP contribution is -2.44. The highest BCUT2D eigenvalue weighted by Gasteiger charge is 2.27. The fourth-order valence-electron chi connectivity index (χ4n) is 5.19. The molecule has 2 atom stereocenters. The minimum Gasteiger partial charge on any atom is -0.461 e. The summed E-state index contributed by atoms with van der Waals surface area (Å²) in [6.07, 6.45) is -0.444. The van der Waals surface area contributed by atoms with E-state index in [0.717, 1.165) is 27.3 Å². The van der Waals surface area contributed by atoms with E-state index in [1.807, 2.05) is 91.0 Å². The first-order valence-corrected chi connectivity index (χ1v) is 15.2. The van der Waals surface area contributed by atoms with E-state index in [0.29, 0.717) is 5.52 Å². The Hall–Kier alpha value is -5.57. The number of nitrogens with two attached hydrogens (primary N) is 1. The van der Waals surface area contributed by atoms with Crippen molar-refractivity contribution in [2.75, 3.05) is 0 Å². The number of pyridine rings is 1. The van der Waals surface area contributed by atoms with E-state index in [9.17, 15) is 19.2 Å². The summed E-state index contributed by atoms with van der Waals surface area (Å²) < 4.78 is 11.2. The Labute approximate surface area is 266 Å². The molecule has 0 bridgehead atoms. The van der Waals surface area contributed by atoms with Crippen molar-refractivity contribution in [3.8, 4) is 0 Å². The molecule has 9 nitrogen and oxygen atoms in total. The maximum atomic E-state index is 13.6. The first kappa shape index (κ1) is 31.8. The number of primary amides is 1. The van der Waals surface area contributed by atoms with Gasteiger partial charge < -0.3 is 20.5 Å². The summed E-state index contributed by atoms with van der Waals surface area (Å²) in [5, 5.41) is 5.67. The van der Waals surface area contributed by atoms with Crippen LogP contribution in [0.1, 0.15) is 47.3 Å². The number of hydrogen-bond donors (Lipinski definition) is 2. The number of rotatable bonds is 14. The van der Waals surface area contributed by atoms with E-state index < -0.39 is 35.9 Å². The maximum absolute atomic E-state index is 13.6. The number of benzene rings is 4. The molecule has 0 aliphatic rings. The van der Waals surface area contributed by atoms with Gasteiger partial charge in [-0.25, -0.2) is 9.78 Å². The number of carbonyl (C=O) groups excluding carboxylic acids is 4. The molecular weight excluding hydrogens is 582 g/mol. The Morgan fingerprint density at radius 2 is 1.46 bits per heavy atom. The van der Waals surface area contributed by atoms with Crippen molar-refractivity contribution in [1.29, 1.82) is 0 Å². The number of nitrogens with one attached hydrogen (secondary N) is 1. The summed E-state index contributed by atoms with van der Waals surface area (Å²) in [5.74, 6) is -2.36. The van der Waals surface area contributed by atoms with Crippen molar-refractivity contribution in [3.05, 3.63) is 126 Å². The molecule has 4 aromatic carbocycles. The van der Waals surface area contributed by atoms with E-state index in [1.165, 1.54) is 0 Å². The second-order valence-electron chi connectivity index (χ2n) is 11.1. The summed E-state index contributed by atoms with van der Waals surface area (Å²) in [6.45, 7) is 0.138. The molecule has 9 heteroatoms. The molecule has 46 heavy (non-hydrogen) atoms. The Bertz CT molecular complexity index is 1840. The highest BCUT2D eigenvalue weighted by Crippen LogP contribution is 2.19. The van der Waals surface area contributed by atoms with Crippen LogP contribution in [0.3, 0.4) is 0 Å². The third-order valence-electron chi connectivity index (χ3n) is 7.53. The van der Waals surface area contributed by atoms with Gasteiger partial charge in [0, 0.05) is 18.2 Å². The number of nitrogens with zero attached hydrogens (tertiary/aromatic N) is 1. The maximum Gasteiger partial charge on any atom is 0.328 e. The Kier molecular flexibility index (Phi) is 10.7. The van der Waals surface area contributed by atoms with Crippen molar-refractivity contribution in [1.82, 2.24) is 10.3 Å². The quantitative estimate of drug-likeness (QED) is 0.159. The van der Waals surface area contributed by atoms with Gasteiger partial charge in [-0.1, -0.05) is 97.1 Å². The van der Waals surface area contributed by atoms with Gasteiger partial charge in [-0.15, -0.1) is 0 Å². The molecule has 1 heterocycles. The Balaban J connectivity index is 1.28. The Morgan fingerprint density at radius 3 is 2.24 bits per heavy atom. The molecule has 0 fully saturated rings.